The van der Waals surface area contributed by atoms with Gasteiger partial charge in [0.15, 0.2) is 0 Å². The zero-order valence-electron chi connectivity index (χ0n) is 12.3. The molecule has 0 bridgehead atoms. The van der Waals surface area contributed by atoms with E-state index >= 15 is 0 Å². The van der Waals surface area contributed by atoms with Crippen LogP contribution in [-0.4, -0.2) is 60.0 Å². The molecule has 3 aliphatic rings. The molecular formula is C15H27N3O. The van der Waals surface area contributed by atoms with Crippen LogP contribution in [0.5, 0.6) is 0 Å². The van der Waals surface area contributed by atoms with Gasteiger partial charge >= 0.3 is 0 Å². The number of carbonyl (C=O) groups is 1. The number of nitrogens with zero attached hydrogens (tertiary/aromatic N) is 2. The highest BCUT2D eigenvalue weighted by Crippen LogP contribution is 2.39. The second-order valence-corrected chi connectivity index (χ2v) is 6.63. The molecule has 1 saturated heterocycles. The van der Waals surface area contributed by atoms with E-state index in [0.717, 1.165) is 25.6 Å². The van der Waals surface area contributed by atoms with Gasteiger partial charge in [-0.05, 0) is 45.4 Å². The Morgan fingerprint density at radius 3 is 2.68 bits per heavy atom. The summed E-state index contributed by atoms with van der Waals surface area (Å²) in [5, 5.41) is 3.39. The summed E-state index contributed by atoms with van der Waals surface area (Å²) in [6, 6.07) is 1.51. The van der Waals surface area contributed by atoms with Crippen LogP contribution in [0.4, 0.5) is 0 Å². The van der Waals surface area contributed by atoms with Gasteiger partial charge < -0.3 is 10.2 Å². The molecule has 3 rings (SSSR count). The molecule has 2 aliphatic carbocycles. The van der Waals surface area contributed by atoms with Crippen LogP contribution in [0.1, 0.15) is 39.5 Å². The van der Waals surface area contributed by atoms with E-state index in [1.165, 1.54) is 25.7 Å². The summed E-state index contributed by atoms with van der Waals surface area (Å²) in [4.78, 5) is 17.2. The second kappa shape index (κ2) is 5.41. The molecule has 0 aromatic heterocycles. The predicted molar refractivity (Wildman–Crippen MR) is 76.0 cm³/mol. The third-order valence-electron chi connectivity index (χ3n) is 4.95. The average molecular weight is 265 g/mol. The van der Waals surface area contributed by atoms with E-state index in [1.807, 2.05) is 0 Å². The molecule has 0 radical (unpaired) electrons. The van der Waals surface area contributed by atoms with Crippen molar-refractivity contribution in [3.05, 3.63) is 0 Å². The van der Waals surface area contributed by atoms with Gasteiger partial charge in [-0.2, -0.15) is 0 Å². The van der Waals surface area contributed by atoms with Gasteiger partial charge in [0.2, 0.25) is 5.91 Å². The highest BCUT2D eigenvalue weighted by atomic mass is 16.2. The lowest BCUT2D eigenvalue weighted by Crippen LogP contribution is -2.54. The third kappa shape index (κ3) is 3.11. The Kier molecular flexibility index (Phi) is 3.81. The average Bonchev–Trinajstić information content (AvgIpc) is 3.26. The summed E-state index contributed by atoms with van der Waals surface area (Å²) in [6.45, 7) is 8.12. The number of carbonyl (C=O) groups excluding carboxylic acids is 1. The smallest absolute Gasteiger partial charge is 0.237 e. The first-order chi connectivity index (χ1) is 9.16. The van der Waals surface area contributed by atoms with Crippen molar-refractivity contribution in [3.63, 3.8) is 0 Å². The fourth-order valence-electron chi connectivity index (χ4n) is 3.30. The first-order valence-electron chi connectivity index (χ1n) is 7.92. The zero-order valence-corrected chi connectivity index (χ0v) is 12.3. The monoisotopic (exact) mass is 265 g/mol. The maximum Gasteiger partial charge on any atom is 0.237 e. The zero-order chi connectivity index (χ0) is 13.4. The molecule has 0 aromatic rings. The predicted octanol–water partition coefficient (Wildman–Crippen LogP) is 1.07. The molecule has 1 amide bonds. The molecule has 19 heavy (non-hydrogen) atoms. The maximum atomic E-state index is 12.7. The summed E-state index contributed by atoms with van der Waals surface area (Å²) in [5.74, 6) is 1.15. The minimum atomic E-state index is 0.371. The number of nitrogens with one attached hydrogen (secondary N) is 1. The lowest BCUT2D eigenvalue weighted by molar-refractivity contribution is -0.136. The van der Waals surface area contributed by atoms with Crippen molar-refractivity contribution in [2.75, 3.05) is 26.2 Å². The van der Waals surface area contributed by atoms with E-state index < -0.39 is 0 Å². The standard InChI is InChI=1S/C15H27N3O/c1-11-9-16-7-8-17(11)10-15(19)18(14-5-6-14)12(2)13-3-4-13/h11-14,16H,3-10H2,1-2H3/t11-,12?/m0/s1. The van der Waals surface area contributed by atoms with Crippen LogP contribution in [0.15, 0.2) is 0 Å². The molecule has 2 atom stereocenters. The normalized spacial score (nSPS) is 30.1. The summed E-state index contributed by atoms with van der Waals surface area (Å²) in [6.07, 6.45) is 5.09. The van der Waals surface area contributed by atoms with Crippen molar-refractivity contribution in [1.29, 1.82) is 0 Å². The summed E-state index contributed by atoms with van der Waals surface area (Å²) in [7, 11) is 0. The number of hydrogen-bond acceptors (Lipinski definition) is 3. The van der Waals surface area contributed by atoms with E-state index in [0.29, 0.717) is 30.6 Å². The van der Waals surface area contributed by atoms with Crippen LogP contribution in [-0.2, 0) is 4.79 Å². The first kappa shape index (κ1) is 13.4. The minimum Gasteiger partial charge on any atom is -0.336 e. The molecule has 4 nitrogen and oxygen atoms in total. The Morgan fingerprint density at radius 2 is 2.11 bits per heavy atom. The molecule has 0 aromatic carbocycles. The molecule has 0 spiro atoms. The van der Waals surface area contributed by atoms with Gasteiger partial charge in [-0.25, -0.2) is 0 Å². The first-order valence-corrected chi connectivity index (χ1v) is 7.92. The molecule has 3 fully saturated rings. The largest absolute Gasteiger partial charge is 0.336 e. The van der Waals surface area contributed by atoms with Crippen LogP contribution in [0.2, 0.25) is 0 Å². The van der Waals surface area contributed by atoms with Crippen molar-refractivity contribution in [2.24, 2.45) is 5.92 Å². The highest BCUT2D eigenvalue weighted by Gasteiger charge is 2.42. The van der Waals surface area contributed by atoms with Crippen LogP contribution in [0.25, 0.3) is 0 Å². The van der Waals surface area contributed by atoms with Crippen molar-refractivity contribution in [1.82, 2.24) is 15.1 Å². The van der Waals surface area contributed by atoms with E-state index in [4.69, 9.17) is 0 Å². The molecule has 108 valence electrons. The maximum absolute atomic E-state index is 12.7. The molecule has 1 unspecified atom stereocenters. The highest BCUT2D eigenvalue weighted by molar-refractivity contribution is 5.79. The summed E-state index contributed by atoms with van der Waals surface area (Å²) >= 11 is 0. The van der Waals surface area contributed by atoms with Gasteiger partial charge in [0.25, 0.3) is 0 Å². The Labute approximate surface area is 116 Å². The lowest BCUT2D eigenvalue weighted by atomic mass is 10.1. The lowest BCUT2D eigenvalue weighted by Gasteiger charge is -2.36. The number of rotatable bonds is 5. The summed E-state index contributed by atoms with van der Waals surface area (Å²) in [5.41, 5.74) is 0. The van der Waals surface area contributed by atoms with Crippen molar-refractivity contribution in [2.45, 2.75) is 57.7 Å². The van der Waals surface area contributed by atoms with Crippen LogP contribution >= 0.6 is 0 Å². The van der Waals surface area contributed by atoms with Crippen LogP contribution < -0.4 is 5.32 Å². The Morgan fingerprint density at radius 1 is 1.37 bits per heavy atom. The molecular weight excluding hydrogens is 238 g/mol. The fraction of sp³-hybridized carbons (Fsp3) is 0.933. The van der Waals surface area contributed by atoms with E-state index in [1.54, 1.807) is 0 Å². The quantitative estimate of drug-likeness (QED) is 0.808. The summed E-state index contributed by atoms with van der Waals surface area (Å²) < 4.78 is 0. The van der Waals surface area contributed by atoms with Gasteiger partial charge in [0, 0.05) is 37.8 Å². The number of hydrogen-bond donors (Lipinski definition) is 1. The number of amides is 1. The molecule has 2 saturated carbocycles. The topological polar surface area (TPSA) is 35.6 Å². The van der Waals surface area contributed by atoms with Crippen LogP contribution in [0.3, 0.4) is 0 Å². The van der Waals surface area contributed by atoms with Gasteiger partial charge in [0.1, 0.15) is 0 Å². The Balaban J connectivity index is 1.59. The second-order valence-electron chi connectivity index (χ2n) is 6.63. The third-order valence-corrected chi connectivity index (χ3v) is 4.95. The van der Waals surface area contributed by atoms with Gasteiger partial charge in [0.05, 0.1) is 6.54 Å². The van der Waals surface area contributed by atoms with Gasteiger partial charge in [-0.3, -0.25) is 9.69 Å². The molecule has 1 heterocycles. The van der Waals surface area contributed by atoms with Crippen molar-refractivity contribution in [3.8, 4) is 0 Å². The molecule has 4 heteroatoms. The van der Waals surface area contributed by atoms with E-state index in [-0.39, 0.29) is 0 Å². The van der Waals surface area contributed by atoms with Crippen molar-refractivity contribution < 1.29 is 4.79 Å². The number of piperazine rings is 1. The van der Waals surface area contributed by atoms with Crippen molar-refractivity contribution >= 4 is 5.91 Å². The van der Waals surface area contributed by atoms with Crippen LogP contribution in [0, 0.1) is 5.92 Å². The minimum absolute atomic E-state index is 0.371. The molecule has 1 N–H and O–H groups in total. The van der Waals surface area contributed by atoms with E-state index in [2.05, 4.69) is 29.0 Å². The Hall–Kier alpha value is -0.610. The molecule has 1 aliphatic heterocycles. The SMILES string of the molecule is CC(C1CC1)N(C(=O)CN1CCNC[C@@H]1C)C1CC1. The fourth-order valence-corrected chi connectivity index (χ4v) is 3.30. The van der Waals surface area contributed by atoms with E-state index in [9.17, 15) is 4.79 Å². The Bertz CT molecular complexity index is 338. The van der Waals surface area contributed by atoms with Gasteiger partial charge in [-0.1, -0.05) is 0 Å². The van der Waals surface area contributed by atoms with Gasteiger partial charge in [-0.15, -0.1) is 0 Å².